The summed E-state index contributed by atoms with van der Waals surface area (Å²) in [6.07, 6.45) is 1.84. The summed E-state index contributed by atoms with van der Waals surface area (Å²) in [5.74, 6) is -1.31. The van der Waals surface area contributed by atoms with Crippen molar-refractivity contribution in [2.45, 2.75) is 47.5 Å². The summed E-state index contributed by atoms with van der Waals surface area (Å²) in [4.78, 5) is 23.8. The topological polar surface area (TPSA) is 63.6 Å². The molecule has 38 heavy (non-hydrogen) atoms. The number of carbonyl (C=O) groups excluding carboxylic acids is 1. The Morgan fingerprint density at radius 3 is 1.61 bits per heavy atom. The SMILES string of the molecule is CC(C)(C)Cc1ccc2cc(CC(C)(C)COC(=O)c3ccc(-c4ccc(C(=O)O)cc4)cc3)ccc2c1. The third kappa shape index (κ3) is 7.10. The number of rotatable bonds is 8. The van der Waals surface area contributed by atoms with E-state index in [1.165, 1.54) is 21.9 Å². The number of carboxylic acids is 1. The fourth-order valence-corrected chi connectivity index (χ4v) is 4.73. The van der Waals surface area contributed by atoms with Crippen molar-refractivity contribution in [3.05, 3.63) is 107 Å². The lowest BCUT2D eigenvalue weighted by atomic mass is 9.85. The van der Waals surface area contributed by atoms with E-state index in [9.17, 15) is 9.59 Å². The lowest BCUT2D eigenvalue weighted by molar-refractivity contribution is 0.0341. The molecule has 0 aliphatic carbocycles. The lowest BCUT2D eigenvalue weighted by Crippen LogP contribution is -2.24. The van der Waals surface area contributed by atoms with E-state index in [-0.39, 0.29) is 22.4 Å². The summed E-state index contributed by atoms with van der Waals surface area (Å²) in [6.45, 7) is 11.3. The highest BCUT2D eigenvalue weighted by Gasteiger charge is 2.22. The molecule has 0 heterocycles. The molecule has 0 aliphatic rings. The van der Waals surface area contributed by atoms with E-state index in [1.54, 1.807) is 36.4 Å². The van der Waals surface area contributed by atoms with Gasteiger partial charge in [0, 0.05) is 5.41 Å². The zero-order valence-corrected chi connectivity index (χ0v) is 22.9. The summed E-state index contributed by atoms with van der Waals surface area (Å²) in [7, 11) is 0. The third-order valence-electron chi connectivity index (χ3n) is 6.57. The molecule has 4 rings (SSSR count). The second-order valence-electron chi connectivity index (χ2n) is 12.1. The zero-order chi connectivity index (χ0) is 27.5. The molecule has 4 aromatic rings. The lowest BCUT2D eigenvalue weighted by Gasteiger charge is -2.24. The smallest absolute Gasteiger partial charge is 0.338 e. The largest absolute Gasteiger partial charge is 0.478 e. The summed E-state index contributed by atoms with van der Waals surface area (Å²) < 4.78 is 5.70. The Kier molecular flexibility index (Phi) is 7.73. The monoisotopic (exact) mass is 508 g/mol. The van der Waals surface area contributed by atoms with Crippen molar-refractivity contribution in [1.29, 1.82) is 0 Å². The summed E-state index contributed by atoms with van der Waals surface area (Å²) in [5, 5.41) is 11.5. The van der Waals surface area contributed by atoms with E-state index in [1.807, 2.05) is 12.1 Å². The molecule has 0 fully saturated rings. The van der Waals surface area contributed by atoms with E-state index >= 15 is 0 Å². The van der Waals surface area contributed by atoms with Crippen LogP contribution in [0.2, 0.25) is 0 Å². The molecule has 0 unspecified atom stereocenters. The van der Waals surface area contributed by atoms with Gasteiger partial charge in [0.1, 0.15) is 0 Å². The van der Waals surface area contributed by atoms with Crippen molar-refractivity contribution in [3.8, 4) is 11.1 Å². The van der Waals surface area contributed by atoms with Crippen LogP contribution in [0.1, 0.15) is 66.5 Å². The molecule has 0 spiro atoms. The molecule has 0 bridgehead atoms. The van der Waals surface area contributed by atoms with Crippen LogP contribution < -0.4 is 0 Å². The van der Waals surface area contributed by atoms with Gasteiger partial charge in [0.05, 0.1) is 17.7 Å². The van der Waals surface area contributed by atoms with Gasteiger partial charge in [-0.2, -0.15) is 0 Å². The van der Waals surface area contributed by atoms with Crippen LogP contribution in [-0.2, 0) is 17.6 Å². The van der Waals surface area contributed by atoms with Gasteiger partial charge in [-0.25, -0.2) is 9.59 Å². The maximum Gasteiger partial charge on any atom is 0.338 e. The second-order valence-corrected chi connectivity index (χ2v) is 12.1. The van der Waals surface area contributed by atoms with E-state index in [0.717, 1.165) is 24.0 Å². The average molecular weight is 509 g/mol. The number of aromatic carboxylic acids is 1. The summed E-state index contributed by atoms with van der Waals surface area (Å²) in [6, 6.07) is 27.2. The molecule has 0 aliphatic heterocycles. The summed E-state index contributed by atoms with van der Waals surface area (Å²) >= 11 is 0. The van der Waals surface area contributed by atoms with Crippen LogP contribution in [0.5, 0.6) is 0 Å². The van der Waals surface area contributed by atoms with Crippen LogP contribution in [0.15, 0.2) is 84.9 Å². The predicted molar refractivity (Wildman–Crippen MR) is 154 cm³/mol. The van der Waals surface area contributed by atoms with Gasteiger partial charge < -0.3 is 9.84 Å². The summed E-state index contributed by atoms with van der Waals surface area (Å²) in [5.41, 5.74) is 5.13. The van der Waals surface area contributed by atoms with Crippen LogP contribution in [0.25, 0.3) is 21.9 Å². The highest BCUT2D eigenvalue weighted by atomic mass is 16.5. The molecular weight excluding hydrogens is 472 g/mol. The average Bonchev–Trinajstić information content (AvgIpc) is 2.86. The van der Waals surface area contributed by atoms with Gasteiger partial charge >= 0.3 is 11.9 Å². The van der Waals surface area contributed by atoms with E-state index in [2.05, 4.69) is 71.0 Å². The maximum atomic E-state index is 12.7. The Morgan fingerprint density at radius 2 is 1.13 bits per heavy atom. The highest BCUT2D eigenvalue weighted by molar-refractivity contribution is 5.90. The van der Waals surface area contributed by atoms with Crippen molar-refractivity contribution in [2.75, 3.05) is 6.61 Å². The Bertz CT molecular complexity index is 1440. The van der Waals surface area contributed by atoms with E-state index in [0.29, 0.717) is 12.2 Å². The third-order valence-corrected chi connectivity index (χ3v) is 6.57. The Labute approximate surface area is 225 Å². The van der Waals surface area contributed by atoms with E-state index < -0.39 is 5.97 Å². The van der Waals surface area contributed by atoms with Gasteiger partial charge in [0.25, 0.3) is 0 Å². The number of carboxylic acid groups (broad SMARTS) is 1. The van der Waals surface area contributed by atoms with Crippen molar-refractivity contribution >= 4 is 22.7 Å². The Morgan fingerprint density at radius 1 is 0.658 bits per heavy atom. The number of fused-ring (bicyclic) bond motifs is 1. The van der Waals surface area contributed by atoms with Crippen LogP contribution >= 0.6 is 0 Å². The van der Waals surface area contributed by atoms with Gasteiger partial charge in [-0.1, -0.05) is 95.3 Å². The van der Waals surface area contributed by atoms with Crippen molar-refractivity contribution in [2.24, 2.45) is 10.8 Å². The van der Waals surface area contributed by atoms with Gasteiger partial charge in [-0.05, 0) is 75.5 Å². The number of esters is 1. The van der Waals surface area contributed by atoms with Gasteiger partial charge in [-0.3, -0.25) is 0 Å². The van der Waals surface area contributed by atoms with Crippen molar-refractivity contribution < 1.29 is 19.4 Å². The molecule has 0 saturated carbocycles. The molecule has 0 amide bonds. The first-order chi connectivity index (χ1) is 17.9. The molecule has 0 radical (unpaired) electrons. The maximum absolute atomic E-state index is 12.7. The van der Waals surface area contributed by atoms with Crippen molar-refractivity contribution in [1.82, 2.24) is 0 Å². The molecule has 4 nitrogen and oxygen atoms in total. The second kappa shape index (κ2) is 10.8. The van der Waals surface area contributed by atoms with E-state index in [4.69, 9.17) is 9.84 Å². The first-order valence-corrected chi connectivity index (χ1v) is 13.0. The molecule has 0 atom stereocenters. The number of hydrogen-bond acceptors (Lipinski definition) is 3. The minimum Gasteiger partial charge on any atom is -0.478 e. The molecule has 1 N–H and O–H groups in total. The fraction of sp³-hybridized carbons (Fsp3) is 0.294. The van der Waals surface area contributed by atoms with Gasteiger partial charge in [0.15, 0.2) is 0 Å². The first kappa shape index (κ1) is 27.1. The number of ether oxygens (including phenoxy) is 1. The van der Waals surface area contributed by atoms with Gasteiger partial charge in [-0.15, -0.1) is 0 Å². The Hall–Kier alpha value is -3.92. The van der Waals surface area contributed by atoms with Crippen LogP contribution in [0, 0.1) is 10.8 Å². The minimum absolute atomic E-state index is 0.221. The molecule has 196 valence electrons. The van der Waals surface area contributed by atoms with Gasteiger partial charge in [0.2, 0.25) is 0 Å². The number of benzene rings is 4. The number of hydrogen-bond donors (Lipinski definition) is 1. The van der Waals surface area contributed by atoms with Crippen molar-refractivity contribution in [3.63, 3.8) is 0 Å². The van der Waals surface area contributed by atoms with Crippen LogP contribution in [0.3, 0.4) is 0 Å². The molecule has 0 saturated heterocycles. The normalized spacial score (nSPS) is 11.9. The quantitative estimate of drug-likeness (QED) is 0.244. The zero-order valence-electron chi connectivity index (χ0n) is 22.9. The fourth-order valence-electron chi connectivity index (χ4n) is 4.73. The predicted octanol–water partition coefficient (Wildman–Crippen LogP) is 8.22. The molecule has 4 aromatic carbocycles. The first-order valence-electron chi connectivity index (χ1n) is 13.0. The number of carbonyl (C=O) groups is 2. The van der Waals surface area contributed by atoms with Crippen LogP contribution in [-0.4, -0.2) is 23.7 Å². The molecular formula is C34H36O4. The standard InChI is InChI=1S/C34H36O4/c1-33(2,3)20-23-6-8-30-19-24(7-9-29(30)18-23)21-34(4,5)22-38-32(37)28-16-12-26(13-17-28)25-10-14-27(15-11-25)31(35)36/h6-19H,20-22H2,1-5H3,(H,35,36). The highest BCUT2D eigenvalue weighted by Crippen LogP contribution is 2.28. The minimum atomic E-state index is -0.955. The molecule has 0 aromatic heterocycles. The van der Waals surface area contributed by atoms with Crippen LogP contribution in [0.4, 0.5) is 0 Å². The molecule has 4 heteroatoms. The Balaban J connectivity index is 1.36.